The fourth-order valence-corrected chi connectivity index (χ4v) is 10.5. The molecule has 1 atom stereocenters. The standard InChI is InChI=1S/C77H136O6/c1-4-7-10-13-16-19-22-25-28-31-34-37-38-41-43-46-49-52-55-58-61-64-67-70-76(79)82-73-74(83-77(80)71-68-65-62-59-56-53-50-47-44-40-36-33-30-27-24-21-18-15-12-9-6-3)72-81-75(78)69-66-63-60-57-54-51-48-45-42-39-35-32-29-26-23-20-17-14-11-8-5-2/h9,12,18,21,23,26-27,30,32,35-36,40,42,45,74H,4-8,10-11,13-17,19-20,22,24-25,28-29,31,33-34,37-39,41,43-44,46-73H2,1-3H3/b12-9-,21-18-,26-23-,30-27-,35-32-,40-36-,45-42-. The van der Waals surface area contributed by atoms with Crippen molar-refractivity contribution < 1.29 is 28.6 Å². The van der Waals surface area contributed by atoms with Crippen LogP contribution in [0.1, 0.15) is 367 Å². The molecule has 0 aliphatic heterocycles. The quantitative estimate of drug-likeness (QED) is 0.0261. The Labute approximate surface area is 515 Å². The van der Waals surface area contributed by atoms with Crippen molar-refractivity contribution in [2.45, 2.75) is 374 Å². The number of hydrogen-bond acceptors (Lipinski definition) is 6. The predicted octanol–water partition coefficient (Wildman–Crippen LogP) is 25.0. The second-order valence-corrected chi connectivity index (χ2v) is 24.1. The van der Waals surface area contributed by atoms with E-state index in [2.05, 4.69) is 106 Å². The lowest BCUT2D eigenvalue weighted by atomic mass is 10.0. The molecule has 6 nitrogen and oxygen atoms in total. The molecule has 0 fully saturated rings. The summed E-state index contributed by atoms with van der Waals surface area (Å²) in [6, 6.07) is 0. The van der Waals surface area contributed by atoms with E-state index in [-0.39, 0.29) is 31.1 Å². The van der Waals surface area contributed by atoms with Gasteiger partial charge in [0, 0.05) is 19.3 Å². The van der Waals surface area contributed by atoms with Gasteiger partial charge in [0.15, 0.2) is 6.10 Å². The first-order valence-corrected chi connectivity index (χ1v) is 36.1. The Kier molecular flexibility index (Phi) is 68.2. The minimum Gasteiger partial charge on any atom is -0.462 e. The summed E-state index contributed by atoms with van der Waals surface area (Å²) in [6.07, 6.45) is 94.6. The lowest BCUT2D eigenvalue weighted by Gasteiger charge is -2.18. The largest absolute Gasteiger partial charge is 0.462 e. The first-order chi connectivity index (χ1) is 41.0. The van der Waals surface area contributed by atoms with Crippen LogP contribution in [-0.4, -0.2) is 37.2 Å². The molecule has 480 valence electrons. The summed E-state index contributed by atoms with van der Waals surface area (Å²) in [6.45, 7) is 6.56. The molecule has 0 bridgehead atoms. The summed E-state index contributed by atoms with van der Waals surface area (Å²) in [5.74, 6) is -0.881. The zero-order valence-electron chi connectivity index (χ0n) is 55.2. The van der Waals surface area contributed by atoms with Crippen LogP contribution in [0.4, 0.5) is 0 Å². The third kappa shape index (κ3) is 69.3. The van der Waals surface area contributed by atoms with E-state index in [0.29, 0.717) is 19.3 Å². The van der Waals surface area contributed by atoms with Crippen molar-refractivity contribution in [2.75, 3.05) is 13.2 Å². The van der Waals surface area contributed by atoms with Gasteiger partial charge in [-0.15, -0.1) is 0 Å². The Balaban J connectivity index is 4.38. The molecule has 0 spiro atoms. The first kappa shape index (κ1) is 79.6. The van der Waals surface area contributed by atoms with Crippen molar-refractivity contribution in [3.05, 3.63) is 85.1 Å². The van der Waals surface area contributed by atoms with Crippen LogP contribution in [-0.2, 0) is 28.6 Å². The van der Waals surface area contributed by atoms with Crippen LogP contribution in [0, 0.1) is 0 Å². The molecule has 0 saturated heterocycles. The Hall–Kier alpha value is -3.41. The van der Waals surface area contributed by atoms with Crippen molar-refractivity contribution in [1.29, 1.82) is 0 Å². The second-order valence-electron chi connectivity index (χ2n) is 24.1. The molecule has 0 amide bonds. The van der Waals surface area contributed by atoms with E-state index in [9.17, 15) is 14.4 Å². The van der Waals surface area contributed by atoms with Crippen molar-refractivity contribution in [2.24, 2.45) is 0 Å². The molecule has 0 heterocycles. The van der Waals surface area contributed by atoms with Gasteiger partial charge < -0.3 is 14.2 Å². The number of unbranched alkanes of at least 4 members (excludes halogenated alkanes) is 41. The minimum absolute atomic E-state index is 0.0810. The van der Waals surface area contributed by atoms with Crippen molar-refractivity contribution in [3.8, 4) is 0 Å². The number of carbonyl (C=O) groups is 3. The van der Waals surface area contributed by atoms with E-state index in [1.54, 1.807) is 0 Å². The maximum Gasteiger partial charge on any atom is 0.306 e. The zero-order chi connectivity index (χ0) is 59.9. The fraction of sp³-hybridized carbons (Fsp3) is 0.779. The molecule has 0 radical (unpaired) electrons. The lowest BCUT2D eigenvalue weighted by molar-refractivity contribution is -0.167. The number of esters is 3. The Morgan fingerprint density at radius 1 is 0.253 bits per heavy atom. The van der Waals surface area contributed by atoms with Crippen LogP contribution in [0.15, 0.2) is 85.1 Å². The zero-order valence-corrected chi connectivity index (χ0v) is 55.2. The van der Waals surface area contributed by atoms with Gasteiger partial charge in [-0.3, -0.25) is 14.4 Å². The third-order valence-corrected chi connectivity index (χ3v) is 15.9. The van der Waals surface area contributed by atoms with E-state index >= 15 is 0 Å². The normalized spacial score (nSPS) is 12.6. The molecule has 0 N–H and O–H groups in total. The van der Waals surface area contributed by atoms with Gasteiger partial charge >= 0.3 is 17.9 Å². The third-order valence-electron chi connectivity index (χ3n) is 15.9. The lowest BCUT2D eigenvalue weighted by Crippen LogP contribution is -2.30. The van der Waals surface area contributed by atoms with Crippen molar-refractivity contribution in [3.63, 3.8) is 0 Å². The van der Waals surface area contributed by atoms with Crippen LogP contribution in [0.2, 0.25) is 0 Å². The second kappa shape index (κ2) is 71.1. The molecule has 0 aliphatic rings. The highest BCUT2D eigenvalue weighted by molar-refractivity contribution is 5.71. The van der Waals surface area contributed by atoms with Crippen LogP contribution >= 0.6 is 0 Å². The van der Waals surface area contributed by atoms with Gasteiger partial charge in [0.05, 0.1) is 0 Å². The molecule has 0 aromatic rings. The molecule has 83 heavy (non-hydrogen) atoms. The molecule has 0 aromatic heterocycles. The topological polar surface area (TPSA) is 78.9 Å². The number of ether oxygens (including phenoxy) is 3. The molecule has 0 saturated carbocycles. The van der Waals surface area contributed by atoms with Crippen molar-refractivity contribution >= 4 is 17.9 Å². The van der Waals surface area contributed by atoms with Gasteiger partial charge in [0.25, 0.3) is 0 Å². The highest BCUT2D eigenvalue weighted by Crippen LogP contribution is 2.18. The van der Waals surface area contributed by atoms with E-state index < -0.39 is 6.10 Å². The summed E-state index contributed by atoms with van der Waals surface area (Å²) >= 11 is 0. The van der Waals surface area contributed by atoms with Gasteiger partial charge in [0.1, 0.15) is 13.2 Å². The van der Waals surface area contributed by atoms with Gasteiger partial charge in [-0.2, -0.15) is 0 Å². The average molecular weight is 1160 g/mol. The maximum absolute atomic E-state index is 13.0. The number of carbonyl (C=O) groups excluding carboxylic acids is 3. The summed E-state index contributed by atoms with van der Waals surface area (Å²) in [7, 11) is 0. The Bertz CT molecular complexity index is 1570. The smallest absolute Gasteiger partial charge is 0.306 e. The number of allylic oxidation sites excluding steroid dienone is 14. The van der Waals surface area contributed by atoms with Gasteiger partial charge in [-0.05, 0) is 96.3 Å². The Morgan fingerprint density at radius 2 is 0.470 bits per heavy atom. The monoisotopic (exact) mass is 1160 g/mol. The number of hydrogen-bond donors (Lipinski definition) is 0. The molecule has 0 rings (SSSR count). The summed E-state index contributed by atoms with van der Waals surface area (Å²) in [4.78, 5) is 38.5. The summed E-state index contributed by atoms with van der Waals surface area (Å²) in [5.41, 5.74) is 0. The molecule has 0 aromatic carbocycles. The Morgan fingerprint density at radius 3 is 0.735 bits per heavy atom. The molecular weight excluding hydrogens is 1020 g/mol. The molecular formula is C77H136O6. The van der Waals surface area contributed by atoms with E-state index in [0.717, 1.165) is 109 Å². The van der Waals surface area contributed by atoms with Crippen LogP contribution in [0.25, 0.3) is 0 Å². The number of rotatable bonds is 66. The summed E-state index contributed by atoms with van der Waals surface area (Å²) < 4.78 is 17.0. The summed E-state index contributed by atoms with van der Waals surface area (Å²) in [5, 5.41) is 0. The molecule has 0 aliphatic carbocycles. The van der Waals surface area contributed by atoms with Crippen LogP contribution in [0.5, 0.6) is 0 Å². The first-order valence-electron chi connectivity index (χ1n) is 36.1. The predicted molar refractivity (Wildman–Crippen MR) is 362 cm³/mol. The highest BCUT2D eigenvalue weighted by atomic mass is 16.6. The average Bonchev–Trinajstić information content (AvgIpc) is 3.49. The van der Waals surface area contributed by atoms with Crippen molar-refractivity contribution in [1.82, 2.24) is 0 Å². The van der Waals surface area contributed by atoms with E-state index in [1.165, 1.54) is 218 Å². The van der Waals surface area contributed by atoms with Gasteiger partial charge in [-0.25, -0.2) is 0 Å². The van der Waals surface area contributed by atoms with E-state index in [4.69, 9.17) is 14.2 Å². The minimum atomic E-state index is -0.789. The fourth-order valence-electron chi connectivity index (χ4n) is 10.5. The van der Waals surface area contributed by atoms with Gasteiger partial charge in [-0.1, -0.05) is 337 Å². The SMILES string of the molecule is CC/C=C\C/C=C\C/C=C\C/C=C\CCCCCCCCCCC(=O)OC(COC(=O)CCCCCCCC/C=C\C/C=C\C/C=C\CCCCCCC)COC(=O)CCCCCCCCCCCCCCCCCCCCCCCCC. The molecule has 6 heteroatoms. The van der Waals surface area contributed by atoms with E-state index in [1.807, 2.05) is 0 Å². The highest BCUT2D eigenvalue weighted by Gasteiger charge is 2.19. The maximum atomic E-state index is 13.0. The van der Waals surface area contributed by atoms with Gasteiger partial charge in [0.2, 0.25) is 0 Å². The van der Waals surface area contributed by atoms with Crippen LogP contribution < -0.4 is 0 Å². The molecule has 1 unspecified atom stereocenters. The van der Waals surface area contributed by atoms with Crippen LogP contribution in [0.3, 0.4) is 0 Å².